The lowest BCUT2D eigenvalue weighted by molar-refractivity contribution is 0.350. The highest BCUT2D eigenvalue weighted by Crippen LogP contribution is 2.25. The number of fused-ring (bicyclic) bond motifs is 1. The second-order valence-electron chi connectivity index (χ2n) is 2.73. The van der Waals surface area contributed by atoms with Crippen molar-refractivity contribution in [3.8, 4) is 11.8 Å². The van der Waals surface area contributed by atoms with E-state index in [1.54, 1.807) is 12.1 Å². The van der Waals surface area contributed by atoms with Gasteiger partial charge in [-0.3, -0.25) is 0 Å². The summed E-state index contributed by atoms with van der Waals surface area (Å²) in [5.41, 5.74) is 0.636. The van der Waals surface area contributed by atoms with Crippen LogP contribution in [0.1, 0.15) is 5.76 Å². The zero-order valence-corrected chi connectivity index (χ0v) is 8.01. The number of hydrogen-bond donors (Lipinski definition) is 1. The van der Waals surface area contributed by atoms with Gasteiger partial charge in [-0.05, 0) is 12.0 Å². The maximum Gasteiger partial charge on any atom is 0.178 e. The molecule has 1 heterocycles. The molecule has 2 rings (SSSR count). The van der Waals surface area contributed by atoms with Crippen LogP contribution in [0, 0.1) is 11.8 Å². The van der Waals surface area contributed by atoms with E-state index in [2.05, 4.69) is 11.8 Å². The summed E-state index contributed by atoms with van der Waals surface area (Å²) in [7, 11) is 0. The fourth-order valence-corrected chi connectivity index (χ4v) is 1.44. The Kier molecular flexibility index (Phi) is 2.45. The molecule has 0 radical (unpaired) electrons. The predicted octanol–water partition coefficient (Wildman–Crippen LogP) is 2.43. The van der Waals surface area contributed by atoms with E-state index < -0.39 is 0 Å². The first kappa shape index (κ1) is 9.14. The van der Waals surface area contributed by atoms with Crippen LogP contribution in [-0.2, 0) is 0 Å². The molecule has 0 spiro atoms. The molecule has 0 saturated heterocycles. The van der Waals surface area contributed by atoms with E-state index in [9.17, 15) is 0 Å². The standard InChI is InChI=1S/C11H7ClO2/c12-10-5-1-3-8-7-9(4-2-6-13)14-11(8)10/h1,3,5,7,13H,6H2. The molecule has 1 aromatic heterocycles. The van der Waals surface area contributed by atoms with Gasteiger partial charge in [-0.15, -0.1) is 0 Å². The number of benzene rings is 1. The Morgan fingerprint density at radius 2 is 2.29 bits per heavy atom. The summed E-state index contributed by atoms with van der Waals surface area (Å²) in [4.78, 5) is 0. The molecular weight excluding hydrogens is 200 g/mol. The Morgan fingerprint density at radius 3 is 3.00 bits per heavy atom. The van der Waals surface area contributed by atoms with E-state index in [4.69, 9.17) is 21.1 Å². The third kappa shape index (κ3) is 1.60. The smallest absolute Gasteiger partial charge is 0.178 e. The quantitative estimate of drug-likeness (QED) is 0.672. The van der Waals surface area contributed by atoms with E-state index in [1.807, 2.05) is 12.1 Å². The number of para-hydroxylation sites is 1. The number of halogens is 1. The molecule has 70 valence electrons. The molecule has 1 aromatic carbocycles. The van der Waals surface area contributed by atoms with Crippen molar-refractivity contribution in [2.45, 2.75) is 0 Å². The molecule has 0 fully saturated rings. The van der Waals surface area contributed by atoms with Crippen LogP contribution in [0.4, 0.5) is 0 Å². The summed E-state index contributed by atoms with van der Waals surface area (Å²) in [5.74, 6) is 5.72. The number of furan rings is 1. The van der Waals surface area contributed by atoms with E-state index in [1.165, 1.54) is 0 Å². The minimum Gasteiger partial charge on any atom is -0.446 e. The van der Waals surface area contributed by atoms with Crippen molar-refractivity contribution in [3.05, 3.63) is 35.0 Å². The third-order valence-electron chi connectivity index (χ3n) is 1.79. The van der Waals surface area contributed by atoms with Gasteiger partial charge in [0.25, 0.3) is 0 Å². The van der Waals surface area contributed by atoms with E-state index in [0.29, 0.717) is 16.4 Å². The van der Waals surface area contributed by atoms with Crippen molar-refractivity contribution >= 4 is 22.6 Å². The Labute approximate surface area is 86.1 Å². The first-order valence-corrected chi connectivity index (χ1v) is 4.47. The van der Waals surface area contributed by atoms with E-state index >= 15 is 0 Å². The molecule has 1 N–H and O–H groups in total. The van der Waals surface area contributed by atoms with Crippen molar-refractivity contribution < 1.29 is 9.52 Å². The van der Waals surface area contributed by atoms with Crippen molar-refractivity contribution in [3.63, 3.8) is 0 Å². The maximum absolute atomic E-state index is 8.52. The average Bonchev–Trinajstić information content (AvgIpc) is 2.59. The van der Waals surface area contributed by atoms with Crippen LogP contribution in [0.15, 0.2) is 28.7 Å². The van der Waals surface area contributed by atoms with Gasteiger partial charge in [0.05, 0.1) is 5.02 Å². The van der Waals surface area contributed by atoms with Gasteiger partial charge in [-0.25, -0.2) is 0 Å². The van der Waals surface area contributed by atoms with Crippen LogP contribution in [0.5, 0.6) is 0 Å². The van der Waals surface area contributed by atoms with Crippen molar-refractivity contribution in [1.29, 1.82) is 0 Å². The largest absolute Gasteiger partial charge is 0.446 e. The highest BCUT2D eigenvalue weighted by atomic mass is 35.5. The summed E-state index contributed by atoms with van der Waals surface area (Å²) < 4.78 is 5.38. The Hall–Kier alpha value is -1.43. The van der Waals surface area contributed by atoms with Gasteiger partial charge in [-0.2, -0.15) is 0 Å². The Balaban J connectivity index is 2.57. The molecule has 0 amide bonds. The van der Waals surface area contributed by atoms with Crippen molar-refractivity contribution in [2.24, 2.45) is 0 Å². The van der Waals surface area contributed by atoms with Crippen LogP contribution in [0.3, 0.4) is 0 Å². The van der Waals surface area contributed by atoms with Gasteiger partial charge in [0, 0.05) is 11.5 Å². The fraction of sp³-hybridized carbons (Fsp3) is 0.0909. The SMILES string of the molecule is OCC#Cc1cc2cccc(Cl)c2o1. The Bertz CT molecular complexity index is 517. The van der Waals surface area contributed by atoms with Crippen LogP contribution in [0.25, 0.3) is 11.0 Å². The summed E-state index contributed by atoms with van der Waals surface area (Å²) >= 11 is 5.91. The van der Waals surface area contributed by atoms with Gasteiger partial charge in [0.2, 0.25) is 0 Å². The average molecular weight is 207 g/mol. The fourth-order valence-electron chi connectivity index (χ4n) is 1.22. The van der Waals surface area contributed by atoms with Crippen LogP contribution in [0.2, 0.25) is 5.02 Å². The number of aliphatic hydroxyl groups is 1. The van der Waals surface area contributed by atoms with Crippen LogP contribution in [-0.4, -0.2) is 11.7 Å². The zero-order valence-electron chi connectivity index (χ0n) is 7.25. The first-order valence-electron chi connectivity index (χ1n) is 4.09. The normalized spacial score (nSPS) is 9.86. The lowest BCUT2D eigenvalue weighted by Crippen LogP contribution is -1.71. The van der Waals surface area contributed by atoms with Gasteiger partial charge in [-0.1, -0.05) is 29.7 Å². The van der Waals surface area contributed by atoms with E-state index in [-0.39, 0.29) is 6.61 Å². The number of hydrogen-bond acceptors (Lipinski definition) is 2. The molecule has 14 heavy (non-hydrogen) atoms. The topological polar surface area (TPSA) is 33.4 Å². The summed E-state index contributed by atoms with van der Waals surface area (Å²) in [6, 6.07) is 7.30. The molecule has 0 unspecified atom stereocenters. The lowest BCUT2D eigenvalue weighted by Gasteiger charge is -1.88. The minimum absolute atomic E-state index is 0.176. The molecule has 0 saturated carbocycles. The number of rotatable bonds is 0. The molecule has 0 aliphatic carbocycles. The molecule has 0 atom stereocenters. The molecule has 0 bridgehead atoms. The van der Waals surface area contributed by atoms with Gasteiger partial charge >= 0.3 is 0 Å². The molecule has 2 aromatic rings. The first-order chi connectivity index (χ1) is 6.81. The lowest BCUT2D eigenvalue weighted by atomic mass is 10.2. The predicted molar refractivity (Wildman–Crippen MR) is 55.2 cm³/mol. The molecule has 0 aliphatic rings. The number of aliphatic hydroxyl groups excluding tert-OH is 1. The molecular formula is C11H7ClO2. The highest BCUT2D eigenvalue weighted by molar-refractivity contribution is 6.34. The highest BCUT2D eigenvalue weighted by Gasteiger charge is 2.04. The second-order valence-corrected chi connectivity index (χ2v) is 3.14. The zero-order chi connectivity index (χ0) is 9.97. The maximum atomic E-state index is 8.52. The monoisotopic (exact) mass is 206 g/mol. The molecule has 2 nitrogen and oxygen atoms in total. The molecule has 0 aliphatic heterocycles. The van der Waals surface area contributed by atoms with E-state index in [0.717, 1.165) is 5.39 Å². The van der Waals surface area contributed by atoms with Crippen molar-refractivity contribution in [2.75, 3.05) is 6.61 Å². The van der Waals surface area contributed by atoms with Gasteiger partial charge in [0.1, 0.15) is 6.61 Å². The van der Waals surface area contributed by atoms with Crippen LogP contribution >= 0.6 is 11.6 Å². The third-order valence-corrected chi connectivity index (χ3v) is 2.08. The Morgan fingerprint density at radius 1 is 1.43 bits per heavy atom. The van der Waals surface area contributed by atoms with Crippen molar-refractivity contribution in [1.82, 2.24) is 0 Å². The summed E-state index contributed by atoms with van der Waals surface area (Å²) in [5, 5.41) is 10.0. The second kappa shape index (κ2) is 3.75. The summed E-state index contributed by atoms with van der Waals surface area (Å²) in [6.45, 7) is -0.176. The van der Waals surface area contributed by atoms with Crippen LogP contribution < -0.4 is 0 Å². The summed E-state index contributed by atoms with van der Waals surface area (Å²) in [6.07, 6.45) is 0. The minimum atomic E-state index is -0.176. The molecule has 3 heteroatoms. The van der Waals surface area contributed by atoms with Gasteiger partial charge in [0.15, 0.2) is 11.3 Å². The van der Waals surface area contributed by atoms with Gasteiger partial charge < -0.3 is 9.52 Å².